The Labute approximate surface area is 155 Å². The van der Waals surface area contributed by atoms with Crippen molar-refractivity contribution in [1.82, 2.24) is 10.2 Å². The van der Waals surface area contributed by atoms with Gasteiger partial charge < -0.3 is 21.1 Å². The lowest BCUT2D eigenvalue weighted by atomic mass is 9.88. The third-order valence-electron chi connectivity index (χ3n) is 5.61. The number of primary amides is 1. The highest BCUT2D eigenvalue weighted by Crippen LogP contribution is 2.27. The van der Waals surface area contributed by atoms with Crippen LogP contribution in [0.15, 0.2) is 0 Å². The van der Waals surface area contributed by atoms with Crippen LogP contribution in [0.4, 0.5) is 0 Å². The molecular formula is C19H32N3O4. The van der Waals surface area contributed by atoms with E-state index < -0.39 is 17.9 Å². The number of rotatable bonds is 7. The van der Waals surface area contributed by atoms with Crippen LogP contribution in [0, 0.1) is 18.3 Å². The summed E-state index contributed by atoms with van der Waals surface area (Å²) in [5, 5.41) is 13.2. The molecule has 1 radical (unpaired) electrons. The van der Waals surface area contributed by atoms with E-state index in [-0.39, 0.29) is 30.8 Å². The van der Waals surface area contributed by atoms with Crippen LogP contribution in [-0.2, 0) is 14.4 Å². The van der Waals surface area contributed by atoms with Crippen molar-refractivity contribution in [2.24, 2.45) is 17.6 Å². The van der Waals surface area contributed by atoms with Crippen molar-refractivity contribution in [3.8, 4) is 0 Å². The van der Waals surface area contributed by atoms with Crippen molar-refractivity contribution in [1.29, 1.82) is 0 Å². The Balaban J connectivity index is 2.07. The van der Waals surface area contributed by atoms with Crippen LogP contribution >= 0.6 is 0 Å². The van der Waals surface area contributed by atoms with Gasteiger partial charge in [0.25, 0.3) is 0 Å². The number of nitrogens with two attached hydrogens (primary N) is 1. The van der Waals surface area contributed by atoms with Gasteiger partial charge in [-0.25, -0.2) is 0 Å². The Kier molecular flexibility index (Phi) is 7.87. The molecule has 2 fully saturated rings. The number of nitrogens with zero attached hydrogens (tertiary/aromatic N) is 1. The van der Waals surface area contributed by atoms with Crippen molar-refractivity contribution >= 4 is 17.7 Å². The van der Waals surface area contributed by atoms with Crippen LogP contribution in [-0.4, -0.2) is 53.0 Å². The molecule has 7 nitrogen and oxygen atoms in total. The molecule has 0 bridgehead atoms. The Hall–Kier alpha value is -1.63. The second kappa shape index (κ2) is 9.90. The van der Waals surface area contributed by atoms with Crippen LogP contribution in [0.5, 0.6) is 0 Å². The molecule has 1 heterocycles. The molecule has 147 valence electrons. The molecule has 0 aromatic rings. The predicted octanol–water partition coefficient (Wildman–Crippen LogP) is 0.751. The molecule has 1 saturated carbocycles. The standard InChI is InChI=1S/C19H32N3O4/c1-13(19(20)26)7-10-18(25)22(12-14-5-3-2-4-6-14)15-8-9-17(24)21-11-16(15)23/h10,13-16,23H,2-9,11-12H2,1H3,(H2,20,26)(H,21,24)/t13-,15-,16-/m0/s1. The van der Waals surface area contributed by atoms with Gasteiger partial charge in [0.05, 0.1) is 18.6 Å². The predicted molar refractivity (Wildman–Crippen MR) is 97.6 cm³/mol. The molecule has 7 heteroatoms. The minimum atomic E-state index is -0.782. The largest absolute Gasteiger partial charge is 0.389 e. The summed E-state index contributed by atoms with van der Waals surface area (Å²) in [4.78, 5) is 37.5. The van der Waals surface area contributed by atoms with E-state index in [4.69, 9.17) is 5.73 Å². The van der Waals surface area contributed by atoms with Crippen LogP contribution < -0.4 is 11.1 Å². The van der Waals surface area contributed by atoms with E-state index in [9.17, 15) is 19.5 Å². The minimum absolute atomic E-state index is 0.0945. The summed E-state index contributed by atoms with van der Waals surface area (Å²) in [5.74, 6) is -0.686. The second-order valence-electron chi connectivity index (χ2n) is 7.72. The monoisotopic (exact) mass is 366 g/mol. The maximum Gasteiger partial charge on any atom is 0.226 e. The van der Waals surface area contributed by atoms with E-state index in [1.165, 1.54) is 25.7 Å². The van der Waals surface area contributed by atoms with Gasteiger partial charge in [-0.3, -0.25) is 14.4 Å². The molecule has 3 amide bonds. The molecule has 26 heavy (non-hydrogen) atoms. The maximum absolute atomic E-state index is 12.9. The number of hydrogen-bond donors (Lipinski definition) is 3. The van der Waals surface area contributed by atoms with Gasteiger partial charge in [0.2, 0.25) is 17.7 Å². The Morgan fingerprint density at radius 3 is 2.65 bits per heavy atom. The van der Waals surface area contributed by atoms with Gasteiger partial charge in [-0.2, -0.15) is 0 Å². The SMILES string of the molecule is C[C@@H](C[CH]C(=O)N(CC1CCCCC1)[C@H]1CCC(=O)NC[C@@H]1O)C(N)=O. The first-order valence-electron chi connectivity index (χ1n) is 9.76. The molecule has 1 aliphatic heterocycles. The first-order valence-corrected chi connectivity index (χ1v) is 9.76. The molecule has 4 N–H and O–H groups in total. The molecule has 1 saturated heterocycles. The van der Waals surface area contributed by atoms with E-state index >= 15 is 0 Å². The first-order chi connectivity index (χ1) is 12.4. The molecular weight excluding hydrogens is 334 g/mol. The van der Waals surface area contributed by atoms with Gasteiger partial charge in [-0.1, -0.05) is 26.2 Å². The number of amides is 3. The lowest BCUT2D eigenvalue weighted by Crippen LogP contribution is -2.51. The topological polar surface area (TPSA) is 113 Å². The molecule has 0 unspecified atom stereocenters. The van der Waals surface area contributed by atoms with Gasteiger partial charge >= 0.3 is 0 Å². The highest BCUT2D eigenvalue weighted by atomic mass is 16.3. The average Bonchev–Trinajstić information content (AvgIpc) is 2.79. The van der Waals surface area contributed by atoms with Crippen LogP contribution in [0.25, 0.3) is 0 Å². The minimum Gasteiger partial charge on any atom is -0.389 e. The van der Waals surface area contributed by atoms with Gasteiger partial charge in [-0.05, 0) is 31.6 Å². The van der Waals surface area contributed by atoms with Gasteiger partial charge in [0.1, 0.15) is 0 Å². The Morgan fingerprint density at radius 1 is 1.31 bits per heavy atom. The normalized spacial score (nSPS) is 25.8. The summed E-state index contributed by atoms with van der Waals surface area (Å²) >= 11 is 0. The molecule has 1 aliphatic carbocycles. The van der Waals surface area contributed by atoms with E-state index in [1.807, 2.05) is 0 Å². The fourth-order valence-electron chi connectivity index (χ4n) is 3.83. The summed E-state index contributed by atoms with van der Waals surface area (Å²) in [6.45, 7) is 2.45. The summed E-state index contributed by atoms with van der Waals surface area (Å²) in [6.07, 6.45) is 7.50. The first kappa shape index (κ1) is 20.7. The van der Waals surface area contributed by atoms with Gasteiger partial charge in [0.15, 0.2) is 0 Å². The zero-order valence-electron chi connectivity index (χ0n) is 15.7. The Bertz CT molecular complexity index is 505. The van der Waals surface area contributed by atoms with Crippen LogP contribution in [0.1, 0.15) is 58.3 Å². The summed E-state index contributed by atoms with van der Waals surface area (Å²) < 4.78 is 0. The smallest absolute Gasteiger partial charge is 0.226 e. The zero-order valence-corrected chi connectivity index (χ0v) is 15.7. The third kappa shape index (κ3) is 5.97. The summed E-state index contributed by atoms with van der Waals surface area (Å²) in [7, 11) is 0. The quantitative estimate of drug-likeness (QED) is 0.617. The number of nitrogens with one attached hydrogen (secondary N) is 1. The number of β-amino-alcohol motifs (C(OH)–C–C–N with tert-alkyl or cyclic N) is 1. The third-order valence-corrected chi connectivity index (χ3v) is 5.61. The molecule has 2 aliphatic rings. The molecule has 0 aromatic heterocycles. The molecule has 3 atom stereocenters. The van der Waals surface area contributed by atoms with Crippen molar-refractivity contribution in [3.05, 3.63) is 6.42 Å². The number of aliphatic hydroxyl groups excluding tert-OH is 1. The maximum atomic E-state index is 12.9. The average molecular weight is 366 g/mol. The fourth-order valence-corrected chi connectivity index (χ4v) is 3.83. The van der Waals surface area contributed by atoms with Crippen LogP contribution in [0.2, 0.25) is 0 Å². The lowest BCUT2D eigenvalue weighted by molar-refractivity contribution is -0.134. The zero-order chi connectivity index (χ0) is 19.1. The molecule has 2 rings (SSSR count). The van der Waals surface area contributed by atoms with E-state index in [1.54, 1.807) is 11.8 Å². The highest BCUT2D eigenvalue weighted by Gasteiger charge is 2.34. The van der Waals surface area contributed by atoms with Gasteiger partial charge in [0, 0.05) is 25.4 Å². The van der Waals surface area contributed by atoms with Gasteiger partial charge in [-0.15, -0.1) is 0 Å². The van der Waals surface area contributed by atoms with Crippen molar-refractivity contribution in [3.63, 3.8) is 0 Å². The molecule has 0 aromatic carbocycles. The van der Waals surface area contributed by atoms with E-state index in [2.05, 4.69) is 5.32 Å². The molecule has 0 spiro atoms. The van der Waals surface area contributed by atoms with E-state index in [0.717, 1.165) is 12.8 Å². The van der Waals surface area contributed by atoms with Crippen molar-refractivity contribution in [2.45, 2.75) is 70.4 Å². The van der Waals surface area contributed by atoms with Crippen molar-refractivity contribution < 1.29 is 19.5 Å². The number of aliphatic hydroxyl groups is 1. The van der Waals surface area contributed by atoms with E-state index in [0.29, 0.717) is 25.3 Å². The Morgan fingerprint density at radius 2 is 2.00 bits per heavy atom. The summed E-state index contributed by atoms with van der Waals surface area (Å²) in [6, 6.07) is -0.386. The fraction of sp³-hybridized carbons (Fsp3) is 0.789. The number of carbonyl (C=O) groups excluding carboxylic acids is 3. The summed E-state index contributed by atoms with van der Waals surface area (Å²) in [5.41, 5.74) is 5.28. The number of carbonyl (C=O) groups is 3. The lowest BCUT2D eigenvalue weighted by Gasteiger charge is -2.37. The second-order valence-corrected chi connectivity index (χ2v) is 7.72. The highest BCUT2D eigenvalue weighted by molar-refractivity contribution is 5.86. The number of hydrogen-bond acceptors (Lipinski definition) is 4. The van der Waals surface area contributed by atoms with Crippen molar-refractivity contribution in [2.75, 3.05) is 13.1 Å². The van der Waals surface area contributed by atoms with Crippen LogP contribution in [0.3, 0.4) is 0 Å².